The first-order valence-corrected chi connectivity index (χ1v) is 9.81. The number of aliphatic hydroxyl groups excluding tert-OH is 1. The molecule has 1 N–H and O–H groups in total. The molecule has 0 aliphatic carbocycles. The summed E-state index contributed by atoms with van der Waals surface area (Å²) in [7, 11) is 0.353. The van der Waals surface area contributed by atoms with Crippen LogP contribution in [0.5, 0.6) is 0 Å². The molecule has 24 heavy (non-hydrogen) atoms. The van der Waals surface area contributed by atoms with Gasteiger partial charge in [-0.1, -0.05) is 23.7 Å². The Morgan fingerprint density at radius 1 is 1.04 bits per heavy atom. The minimum atomic E-state index is -3.51. The van der Waals surface area contributed by atoms with Crippen LogP contribution in [0.15, 0.2) is 48.5 Å². The number of aliphatic hydroxyl groups is 1. The highest BCUT2D eigenvalue weighted by molar-refractivity contribution is 7.67. The monoisotopic (exact) mass is 367 g/mol. The molecule has 0 heterocycles. The van der Waals surface area contributed by atoms with Crippen molar-refractivity contribution >= 4 is 30.0 Å². The second kappa shape index (κ2) is 7.71. The maximum absolute atomic E-state index is 13.6. The molecular formula is C18H23ClNO3P. The fraction of sp³-hybridized carbons (Fsp3) is 0.333. The number of hydrogen-bond donors (Lipinski definition) is 1. The number of anilines is 1. The fourth-order valence-corrected chi connectivity index (χ4v) is 4.76. The van der Waals surface area contributed by atoms with E-state index in [-0.39, 0.29) is 6.10 Å². The topological polar surface area (TPSA) is 49.8 Å². The third-order valence-corrected chi connectivity index (χ3v) is 6.53. The van der Waals surface area contributed by atoms with Crippen LogP contribution in [0.1, 0.15) is 25.3 Å². The maximum atomic E-state index is 13.6. The van der Waals surface area contributed by atoms with Crippen LogP contribution >= 0.6 is 19.0 Å². The van der Waals surface area contributed by atoms with E-state index in [1.165, 1.54) is 0 Å². The van der Waals surface area contributed by atoms with Crippen molar-refractivity contribution in [3.8, 4) is 0 Å². The third kappa shape index (κ3) is 4.20. The second-order valence-electron chi connectivity index (χ2n) is 6.09. The highest BCUT2D eigenvalue weighted by atomic mass is 35.5. The molecule has 0 amide bonds. The zero-order chi connectivity index (χ0) is 17.9. The van der Waals surface area contributed by atoms with Gasteiger partial charge in [-0.15, -0.1) is 0 Å². The second-order valence-corrected chi connectivity index (χ2v) is 8.93. The molecular weight excluding hydrogens is 345 g/mol. The van der Waals surface area contributed by atoms with Crippen molar-refractivity contribution in [2.75, 3.05) is 19.0 Å². The van der Waals surface area contributed by atoms with Gasteiger partial charge in [0.15, 0.2) is 5.85 Å². The van der Waals surface area contributed by atoms with Crippen LogP contribution in [0.2, 0.25) is 5.02 Å². The Morgan fingerprint density at radius 2 is 1.58 bits per heavy atom. The Morgan fingerprint density at radius 3 is 2.04 bits per heavy atom. The van der Waals surface area contributed by atoms with Crippen molar-refractivity contribution in [2.45, 2.75) is 25.8 Å². The maximum Gasteiger partial charge on any atom is 0.264 e. The highest BCUT2D eigenvalue weighted by Crippen LogP contribution is 2.58. The molecule has 0 radical (unpaired) electrons. The number of benzene rings is 2. The first-order chi connectivity index (χ1) is 11.2. The molecule has 2 rings (SSSR count). The van der Waals surface area contributed by atoms with E-state index in [1.54, 1.807) is 50.2 Å². The summed E-state index contributed by atoms with van der Waals surface area (Å²) in [6, 6.07) is 13.9. The Kier molecular flexibility index (Phi) is 6.11. The van der Waals surface area contributed by atoms with Crippen LogP contribution < -0.4 is 10.2 Å². The van der Waals surface area contributed by atoms with Crippen molar-refractivity contribution in [1.82, 2.24) is 0 Å². The predicted molar refractivity (Wildman–Crippen MR) is 101 cm³/mol. The van der Waals surface area contributed by atoms with Crippen molar-refractivity contribution in [3.05, 3.63) is 59.1 Å². The van der Waals surface area contributed by atoms with Crippen LogP contribution in [-0.4, -0.2) is 25.3 Å². The minimum absolute atomic E-state index is 0.286. The average molecular weight is 368 g/mol. The lowest BCUT2D eigenvalue weighted by molar-refractivity contribution is 0.189. The van der Waals surface area contributed by atoms with Crippen LogP contribution in [0.4, 0.5) is 5.69 Å². The molecule has 130 valence electrons. The standard InChI is InChI=1S/C18H23ClNO3P/c1-13(2)23-24(22,17-11-9-16(10-12-17)20(3)4)18(21)14-5-7-15(19)8-6-14/h5-13,18,21H,1-4H3. The molecule has 0 saturated carbocycles. The lowest BCUT2D eigenvalue weighted by Gasteiger charge is -2.27. The van der Waals surface area contributed by atoms with Gasteiger partial charge >= 0.3 is 0 Å². The van der Waals surface area contributed by atoms with Crippen molar-refractivity contribution in [1.29, 1.82) is 0 Å². The molecule has 6 heteroatoms. The third-order valence-electron chi connectivity index (χ3n) is 3.58. The average Bonchev–Trinajstić information content (AvgIpc) is 2.54. The molecule has 0 spiro atoms. The van der Waals surface area contributed by atoms with E-state index >= 15 is 0 Å². The molecule has 0 aliphatic heterocycles. The van der Waals surface area contributed by atoms with Gasteiger partial charge in [0, 0.05) is 30.1 Å². The van der Waals surface area contributed by atoms with Crippen molar-refractivity contribution in [2.24, 2.45) is 0 Å². The van der Waals surface area contributed by atoms with Gasteiger partial charge in [0.05, 0.1) is 6.10 Å². The van der Waals surface area contributed by atoms with E-state index in [0.717, 1.165) is 5.69 Å². The number of rotatable bonds is 6. The molecule has 2 aromatic rings. The molecule has 0 aliphatic rings. The Balaban J connectivity index is 2.45. The zero-order valence-electron chi connectivity index (χ0n) is 14.3. The van der Waals surface area contributed by atoms with Crippen LogP contribution in [-0.2, 0) is 9.09 Å². The lowest BCUT2D eigenvalue weighted by atomic mass is 10.2. The van der Waals surface area contributed by atoms with Gasteiger partial charge in [0.1, 0.15) is 0 Å². The summed E-state index contributed by atoms with van der Waals surface area (Å²) in [5.41, 5.74) is 1.50. The first kappa shape index (κ1) is 19.0. The normalized spacial score (nSPS) is 15.1. The SMILES string of the molecule is CC(C)OP(=O)(c1ccc(N(C)C)cc1)C(O)c1ccc(Cl)cc1. The van der Waals surface area contributed by atoms with E-state index < -0.39 is 13.2 Å². The smallest absolute Gasteiger partial charge is 0.264 e. The van der Waals surface area contributed by atoms with Gasteiger partial charge in [-0.25, -0.2) is 0 Å². The van der Waals surface area contributed by atoms with Crippen LogP contribution in [0.3, 0.4) is 0 Å². The molecule has 4 nitrogen and oxygen atoms in total. The molecule has 0 aromatic heterocycles. The van der Waals surface area contributed by atoms with Crippen LogP contribution in [0, 0.1) is 0 Å². The summed E-state index contributed by atoms with van der Waals surface area (Å²) in [5, 5.41) is 11.8. The fourth-order valence-electron chi connectivity index (χ4n) is 2.36. The van der Waals surface area contributed by atoms with E-state index in [9.17, 15) is 9.67 Å². The van der Waals surface area contributed by atoms with Crippen LogP contribution in [0.25, 0.3) is 0 Å². The number of halogens is 1. The highest BCUT2D eigenvalue weighted by Gasteiger charge is 2.37. The Hall–Kier alpha value is -1.32. The molecule has 0 bridgehead atoms. The minimum Gasteiger partial charge on any atom is -0.378 e. The van der Waals surface area contributed by atoms with Gasteiger partial charge in [0.2, 0.25) is 0 Å². The summed E-state index contributed by atoms with van der Waals surface area (Å²) in [5.74, 6) is -1.25. The van der Waals surface area contributed by atoms with Gasteiger partial charge in [-0.3, -0.25) is 4.57 Å². The zero-order valence-corrected chi connectivity index (χ0v) is 16.0. The molecule has 0 saturated heterocycles. The molecule has 2 unspecified atom stereocenters. The van der Waals surface area contributed by atoms with Gasteiger partial charge in [-0.2, -0.15) is 0 Å². The summed E-state index contributed by atoms with van der Waals surface area (Å²) < 4.78 is 19.3. The van der Waals surface area contributed by atoms with Gasteiger partial charge in [0.25, 0.3) is 7.37 Å². The Labute approximate surface area is 148 Å². The largest absolute Gasteiger partial charge is 0.378 e. The van der Waals surface area contributed by atoms with E-state index in [4.69, 9.17) is 16.1 Å². The molecule has 2 aromatic carbocycles. The number of hydrogen-bond acceptors (Lipinski definition) is 4. The van der Waals surface area contributed by atoms with E-state index in [0.29, 0.717) is 15.9 Å². The van der Waals surface area contributed by atoms with Gasteiger partial charge in [-0.05, 0) is 55.8 Å². The first-order valence-electron chi connectivity index (χ1n) is 7.73. The quantitative estimate of drug-likeness (QED) is 0.767. The summed E-state index contributed by atoms with van der Waals surface area (Å²) in [6.45, 7) is 3.60. The number of nitrogens with zero attached hydrogens (tertiary/aromatic N) is 1. The van der Waals surface area contributed by atoms with Crippen molar-refractivity contribution < 1.29 is 14.2 Å². The summed E-state index contributed by atoms with van der Waals surface area (Å²) in [4.78, 5) is 1.95. The van der Waals surface area contributed by atoms with Gasteiger partial charge < -0.3 is 14.5 Å². The summed E-state index contributed by atoms with van der Waals surface area (Å²) in [6.07, 6.45) is -0.286. The Bertz CT molecular complexity index is 714. The van der Waals surface area contributed by atoms with E-state index in [2.05, 4.69) is 0 Å². The molecule has 0 fully saturated rings. The predicted octanol–water partition coefficient (Wildman–Crippen LogP) is 4.43. The van der Waals surface area contributed by atoms with E-state index in [1.807, 2.05) is 31.1 Å². The van der Waals surface area contributed by atoms with Crippen molar-refractivity contribution in [3.63, 3.8) is 0 Å². The summed E-state index contributed by atoms with van der Waals surface area (Å²) >= 11 is 5.89. The molecule has 2 atom stereocenters. The lowest BCUT2D eigenvalue weighted by Crippen LogP contribution is -2.18.